The van der Waals surface area contributed by atoms with Crippen molar-refractivity contribution in [3.05, 3.63) is 17.5 Å². The summed E-state index contributed by atoms with van der Waals surface area (Å²) in [5.41, 5.74) is 1.27. The molecule has 21 heavy (non-hydrogen) atoms. The van der Waals surface area contributed by atoms with Crippen molar-refractivity contribution in [2.75, 3.05) is 13.1 Å². The molecule has 1 aromatic heterocycles. The summed E-state index contributed by atoms with van der Waals surface area (Å²) in [6.07, 6.45) is 5.29. The molecule has 6 nitrogen and oxygen atoms in total. The van der Waals surface area contributed by atoms with E-state index in [0.717, 1.165) is 25.1 Å². The van der Waals surface area contributed by atoms with Gasteiger partial charge in [0.2, 0.25) is 5.91 Å². The van der Waals surface area contributed by atoms with E-state index in [9.17, 15) is 9.59 Å². The van der Waals surface area contributed by atoms with Crippen LogP contribution in [0, 0.1) is 12.8 Å². The number of hydrogen-bond donors (Lipinski definition) is 2. The second-order valence-electron chi connectivity index (χ2n) is 6.20. The fourth-order valence-electron chi connectivity index (χ4n) is 3.38. The van der Waals surface area contributed by atoms with Crippen molar-refractivity contribution in [2.45, 2.75) is 45.1 Å². The van der Waals surface area contributed by atoms with Crippen LogP contribution in [-0.4, -0.2) is 46.0 Å². The third-order valence-corrected chi connectivity index (χ3v) is 4.49. The van der Waals surface area contributed by atoms with Crippen LogP contribution in [0.5, 0.6) is 0 Å². The molecule has 0 bridgehead atoms. The van der Waals surface area contributed by atoms with Gasteiger partial charge in [-0.2, -0.15) is 5.10 Å². The Kier molecular flexibility index (Phi) is 3.94. The summed E-state index contributed by atoms with van der Waals surface area (Å²) in [6, 6.07) is 2.16. The van der Waals surface area contributed by atoms with Crippen molar-refractivity contribution in [1.29, 1.82) is 0 Å². The van der Waals surface area contributed by atoms with Crippen LogP contribution in [0.15, 0.2) is 6.07 Å². The van der Waals surface area contributed by atoms with Gasteiger partial charge in [-0.15, -0.1) is 0 Å². The van der Waals surface area contributed by atoms with E-state index in [1.165, 1.54) is 12.8 Å². The Morgan fingerprint density at radius 3 is 2.90 bits per heavy atom. The van der Waals surface area contributed by atoms with E-state index in [1.807, 2.05) is 11.8 Å². The maximum absolute atomic E-state index is 12.1. The number of hydrogen-bond acceptors (Lipinski definition) is 3. The topological polar surface area (TPSA) is 78.1 Å². The first kappa shape index (κ1) is 14.1. The summed E-state index contributed by atoms with van der Waals surface area (Å²) in [7, 11) is 0. The highest BCUT2D eigenvalue weighted by Gasteiger charge is 2.35. The molecule has 3 rings (SSSR count). The number of nitrogens with zero attached hydrogens (tertiary/aromatic N) is 2. The monoisotopic (exact) mass is 290 g/mol. The highest BCUT2D eigenvalue weighted by molar-refractivity contribution is 5.92. The first-order valence-corrected chi connectivity index (χ1v) is 7.73. The highest BCUT2D eigenvalue weighted by atomic mass is 16.2. The lowest BCUT2D eigenvalue weighted by Crippen LogP contribution is -2.36. The molecule has 2 N–H and O–H groups in total. The normalized spacial score (nSPS) is 23.0. The Morgan fingerprint density at radius 1 is 1.48 bits per heavy atom. The maximum atomic E-state index is 12.1. The van der Waals surface area contributed by atoms with E-state index in [1.54, 1.807) is 6.07 Å². The molecule has 2 amide bonds. The molecule has 1 aliphatic carbocycles. The van der Waals surface area contributed by atoms with Gasteiger partial charge in [0.05, 0.1) is 0 Å². The maximum Gasteiger partial charge on any atom is 0.271 e. The lowest BCUT2D eigenvalue weighted by molar-refractivity contribution is -0.129. The Morgan fingerprint density at radius 2 is 2.24 bits per heavy atom. The van der Waals surface area contributed by atoms with Gasteiger partial charge in [0, 0.05) is 37.2 Å². The molecule has 0 radical (unpaired) electrons. The van der Waals surface area contributed by atoms with Crippen LogP contribution in [0.2, 0.25) is 0 Å². The van der Waals surface area contributed by atoms with Crippen molar-refractivity contribution in [1.82, 2.24) is 20.4 Å². The number of aromatic amines is 1. The summed E-state index contributed by atoms with van der Waals surface area (Å²) in [6.45, 7) is 3.18. The molecule has 2 aliphatic rings. The molecule has 114 valence electrons. The van der Waals surface area contributed by atoms with Crippen LogP contribution < -0.4 is 5.32 Å². The van der Waals surface area contributed by atoms with E-state index in [4.69, 9.17) is 0 Å². The Bertz CT molecular complexity index is 534. The molecular formula is C15H22N4O2. The second-order valence-corrected chi connectivity index (χ2v) is 6.20. The Labute approximate surface area is 124 Å². The average Bonchev–Trinajstić information content (AvgIpc) is 3.16. The molecule has 1 aromatic rings. The van der Waals surface area contributed by atoms with Gasteiger partial charge in [-0.05, 0) is 25.8 Å². The molecule has 6 heteroatoms. The molecule has 1 atom stereocenters. The largest absolute Gasteiger partial charge is 0.350 e. The van der Waals surface area contributed by atoms with Crippen molar-refractivity contribution < 1.29 is 9.59 Å². The zero-order chi connectivity index (χ0) is 14.8. The molecule has 1 unspecified atom stereocenters. The van der Waals surface area contributed by atoms with Gasteiger partial charge in [0.25, 0.3) is 5.91 Å². The highest BCUT2D eigenvalue weighted by Crippen LogP contribution is 2.29. The molecule has 1 saturated carbocycles. The third-order valence-electron chi connectivity index (χ3n) is 4.49. The summed E-state index contributed by atoms with van der Waals surface area (Å²) >= 11 is 0. The number of amides is 2. The van der Waals surface area contributed by atoms with Crippen LogP contribution in [-0.2, 0) is 4.79 Å². The number of carbonyl (C=O) groups is 2. The van der Waals surface area contributed by atoms with Gasteiger partial charge in [-0.3, -0.25) is 14.7 Å². The zero-order valence-corrected chi connectivity index (χ0v) is 12.4. The van der Waals surface area contributed by atoms with Crippen molar-refractivity contribution >= 4 is 11.8 Å². The lowest BCUT2D eigenvalue weighted by Gasteiger charge is -2.24. The van der Waals surface area contributed by atoms with Gasteiger partial charge in [0.1, 0.15) is 5.69 Å². The molecular weight excluding hydrogens is 268 g/mol. The smallest absolute Gasteiger partial charge is 0.271 e. The van der Waals surface area contributed by atoms with E-state index < -0.39 is 0 Å². The first-order valence-electron chi connectivity index (χ1n) is 7.73. The zero-order valence-electron chi connectivity index (χ0n) is 12.4. The minimum absolute atomic E-state index is 0.175. The van der Waals surface area contributed by atoms with Gasteiger partial charge in [0.15, 0.2) is 0 Å². The summed E-state index contributed by atoms with van der Waals surface area (Å²) in [4.78, 5) is 26.1. The predicted octanol–water partition coefficient (Wildman–Crippen LogP) is 1.24. The molecule has 2 fully saturated rings. The number of nitrogens with one attached hydrogen (secondary N) is 2. The molecule has 0 spiro atoms. The quantitative estimate of drug-likeness (QED) is 0.875. The van der Waals surface area contributed by atoms with E-state index in [2.05, 4.69) is 15.5 Å². The van der Waals surface area contributed by atoms with Gasteiger partial charge >= 0.3 is 0 Å². The van der Waals surface area contributed by atoms with Gasteiger partial charge in [-0.25, -0.2) is 0 Å². The van der Waals surface area contributed by atoms with Crippen LogP contribution in [0.1, 0.15) is 48.3 Å². The van der Waals surface area contributed by atoms with E-state index in [-0.39, 0.29) is 17.7 Å². The van der Waals surface area contributed by atoms with Gasteiger partial charge in [-0.1, -0.05) is 12.8 Å². The van der Waals surface area contributed by atoms with Crippen LogP contribution in [0.3, 0.4) is 0 Å². The Balaban J connectivity index is 1.50. The lowest BCUT2D eigenvalue weighted by atomic mass is 10.1. The number of rotatable bonds is 4. The van der Waals surface area contributed by atoms with E-state index >= 15 is 0 Å². The number of aryl methyl sites for hydroxylation is 1. The fourth-order valence-corrected chi connectivity index (χ4v) is 3.38. The standard InChI is InChI=1S/C15H22N4O2/c1-10-6-13(18-17-10)15(21)16-8-11-7-14(20)19(9-11)12-4-2-3-5-12/h6,11-12H,2-5,7-9H2,1H3,(H,16,21)(H,17,18). The average molecular weight is 290 g/mol. The summed E-state index contributed by atoms with van der Waals surface area (Å²) < 4.78 is 0. The number of H-pyrrole nitrogens is 1. The van der Waals surface area contributed by atoms with Crippen LogP contribution >= 0.6 is 0 Å². The predicted molar refractivity (Wildman–Crippen MR) is 77.7 cm³/mol. The third kappa shape index (κ3) is 3.09. The van der Waals surface area contributed by atoms with Gasteiger partial charge < -0.3 is 10.2 Å². The molecule has 2 heterocycles. The van der Waals surface area contributed by atoms with E-state index in [0.29, 0.717) is 24.7 Å². The fraction of sp³-hybridized carbons (Fsp3) is 0.667. The van der Waals surface area contributed by atoms with Crippen molar-refractivity contribution in [3.63, 3.8) is 0 Å². The van der Waals surface area contributed by atoms with Crippen molar-refractivity contribution in [3.8, 4) is 0 Å². The number of carbonyl (C=O) groups excluding carboxylic acids is 2. The number of aromatic nitrogens is 2. The van der Waals surface area contributed by atoms with Crippen molar-refractivity contribution in [2.24, 2.45) is 5.92 Å². The Hall–Kier alpha value is -1.85. The first-order chi connectivity index (χ1) is 10.1. The SMILES string of the molecule is Cc1cc(C(=O)NCC2CC(=O)N(C3CCCC3)C2)n[nH]1. The summed E-state index contributed by atoms with van der Waals surface area (Å²) in [5, 5.41) is 9.58. The molecule has 1 aliphatic heterocycles. The minimum atomic E-state index is -0.175. The summed E-state index contributed by atoms with van der Waals surface area (Å²) in [5.74, 6) is 0.296. The molecule has 1 saturated heterocycles. The second kappa shape index (κ2) is 5.87. The van der Waals surface area contributed by atoms with Crippen LogP contribution in [0.4, 0.5) is 0 Å². The van der Waals surface area contributed by atoms with Crippen LogP contribution in [0.25, 0.3) is 0 Å². The minimum Gasteiger partial charge on any atom is -0.350 e. The number of likely N-dealkylation sites (tertiary alicyclic amines) is 1. The molecule has 0 aromatic carbocycles.